The summed E-state index contributed by atoms with van der Waals surface area (Å²) in [6, 6.07) is 6.32. The number of anilines is 2. The van der Waals surface area contributed by atoms with E-state index in [1.165, 1.54) is 11.1 Å². The van der Waals surface area contributed by atoms with Gasteiger partial charge in [0.1, 0.15) is 18.5 Å². The highest BCUT2D eigenvalue weighted by Crippen LogP contribution is 2.28. The molecule has 7 nitrogen and oxygen atoms in total. The van der Waals surface area contributed by atoms with E-state index < -0.39 is 18.2 Å². The van der Waals surface area contributed by atoms with Crippen molar-refractivity contribution in [2.45, 2.75) is 32.0 Å². The number of rotatable bonds is 5. The maximum atomic E-state index is 12.0. The summed E-state index contributed by atoms with van der Waals surface area (Å²) in [5.41, 5.74) is 0.913. The highest BCUT2D eigenvalue weighted by Gasteiger charge is 2.38. The molecule has 0 bridgehead atoms. The van der Waals surface area contributed by atoms with E-state index in [2.05, 4.69) is 15.3 Å². The number of aliphatic hydroxyl groups excluding tert-OH is 1. The number of nitrogens with one attached hydrogen (secondary N) is 1. The molecule has 1 aliphatic rings. The number of benzene rings is 1. The van der Waals surface area contributed by atoms with Gasteiger partial charge in [-0.2, -0.15) is 4.98 Å². The van der Waals surface area contributed by atoms with Crippen LogP contribution in [0.15, 0.2) is 30.5 Å². The Morgan fingerprint density at radius 2 is 2.08 bits per heavy atom. The molecule has 26 heavy (non-hydrogen) atoms. The van der Waals surface area contributed by atoms with Crippen LogP contribution >= 0.6 is 23.2 Å². The number of ether oxygens (including phenoxy) is 1. The summed E-state index contributed by atoms with van der Waals surface area (Å²) in [6.07, 6.45) is 0.248. The first-order valence-corrected chi connectivity index (χ1v) is 8.81. The maximum Gasteiger partial charge on any atom is 0.416 e. The zero-order valence-corrected chi connectivity index (χ0v) is 15.7. The van der Waals surface area contributed by atoms with E-state index in [1.54, 1.807) is 25.1 Å². The summed E-state index contributed by atoms with van der Waals surface area (Å²) in [4.78, 5) is 21.9. The van der Waals surface area contributed by atoms with Gasteiger partial charge in [0.15, 0.2) is 0 Å². The number of nitrogens with zero attached hydrogens (tertiary/aromatic N) is 3. The molecule has 2 heterocycles. The molecule has 1 unspecified atom stereocenters. The van der Waals surface area contributed by atoms with Crippen molar-refractivity contribution in [3.8, 4) is 0 Å². The smallest absolute Gasteiger partial charge is 0.416 e. The highest BCUT2D eigenvalue weighted by atomic mass is 35.5. The average Bonchev–Trinajstić information content (AvgIpc) is 2.99. The van der Waals surface area contributed by atoms with Gasteiger partial charge in [0.2, 0.25) is 5.95 Å². The lowest BCUT2D eigenvalue weighted by Crippen LogP contribution is -2.41. The number of carbonyl (C=O) groups excluding carboxylic acids is 1. The molecule has 1 aromatic carbocycles. The van der Waals surface area contributed by atoms with Crippen LogP contribution in [-0.2, 0) is 4.74 Å². The Labute approximate surface area is 160 Å². The number of hydrogen-bond donors (Lipinski definition) is 2. The summed E-state index contributed by atoms with van der Waals surface area (Å²) in [7, 11) is 0. The lowest BCUT2D eigenvalue weighted by molar-refractivity contribution is 0.142. The van der Waals surface area contributed by atoms with Gasteiger partial charge in [0, 0.05) is 6.20 Å². The lowest BCUT2D eigenvalue weighted by Gasteiger charge is -2.23. The van der Waals surface area contributed by atoms with E-state index in [9.17, 15) is 9.90 Å². The molecule has 2 N–H and O–H groups in total. The van der Waals surface area contributed by atoms with Crippen LogP contribution in [0, 0.1) is 0 Å². The maximum absolute atomic E-state index is 12.0. The van der Waals surface area contributed by atoms with Crippen LogP contribution in [0.25, 0.3) is 0 Å². The minimum atomic E-state index is -0.747. The van der Waals surface area contributed by atoms with Gasteiger partial charge in [0.05, 0.1) is 22.2 Å². The predicted octanol–water partition coefficient (Wildman–Crippen LogP) is 3.66. The van der Waals surface area contributed by atoms with Crippen LogP contribution in [0.4, 0.5) is 16.6 Å². The second kappa shape index (κ2) is 7.65. The van der Waals surface area contributed by atoms with Crippen molar-refractivity contribution in [2.75, 3.05) is 16.8 Å². The SMILES string of the molecule is C[C@H](Nc1nccc(N2C(=O)OCC2[C@@H](C)O)n1)c1ccc(Cl)c(Cl)c1. The third-order valence-electron chi connectivity index (χ3n) is 4.14. The van der Waals surface area contributed by atoms with Crippen molar-refractivity contribution in [3.05, 3.63) is 46.1 Å². The normalized spacial score (nSPS) is 19.2. The number of cyclic esters (lactones) is 1. The summed E-state index contributed by atoms with van der Waals surface area (Å²) in [6.45, 7) is 3.65. The van der Waals surface area contributed by atoms with E-state index in [-0.39, 0.29) is 12.6 Å². The van der Waals surface area contributed by atoms with Gasteiger partial charge in [-0.05, 0) is 37.6 Å². The molecule has 3 atom stereocenters. The Balaban J connectivity index is 1.81. The van der Waals surface area contributed by atoms with Crippen LogP contribution in [0.5, 0.6) is 0 Å². The molecule has 3 rings (SSSR count). The second-order valence-corrected chi connectivity index (χ2v) is 6.85. The Hall–Kier alpha value is -2.09. The largest absolute Gasteiger partial charge is 0.447 e. The molecule has 0 radical (unpaired) electrons. The molecule has 0 aliphatic carbocycles. The first-order chi connectivity index (χ1) is 12.4. The fraction of sp³-hybridized carbons (Fsp3) is 0.353. The summed E-state index contributed by atoms with van der Waals surface area (Å²) < 4.78 is 5.03. The van der Waals surface area contributed by atoms with Crippen molar-refractivity contribution >= 4 is 41.1 Å². The Morgan fingerprint density at radius 1 is 1.31 bits per heavy atom. The van der Waals surface area contributed by atoms with E-state index in [4.69, 9.17) is 27.9 Å². The van der Waals surface area contributed by atoms with E-state index in [1.807, 2.05) is 13.0 Å². The standard InChI is InChI=1S/C17H18Cl2N4O3/c1-9(11-3-4-12(18)13(19)7-11)21-16-20-6-5-15(22-16)23-14(10(2)24)8-26-17(23)25/h3-7,9-10,14,24H,8H2,1-2H3,(H,20,21,22)/t9-,10+,14?/m0/s1. The molecular formula is C17H18Cl2N4O3. The molecule has 1 amide bonds. The lowest BCUT2D eigenvalue weighted by atomic mass is 10.1. The van der Waals surface area contributed by atoms with Gasteiger partial charge in [0.25, 0.3) is 0 Å². The van der Waals surface area contributed by atoms with E-state index >= 15 is 0 Å². The Kier molecular flexibility index (Phi) is 5.50. The molecular weight excluding hydrogens is 379 g/mol. The van der Waals surface area contributed by atoms with Gasteiger partial charge >= 0.3 is 6.09 Å². The summed E-state index contributed by atoms with van der Waals surface area (Å²) >= 11 is 12.0. The average molecular weight is 397 g/mol. The van der Waals surface area contributed by atoms with Crippen LogP contribution in [0.2, 0.25) is 10.0 Å². The van der Waals surface area contributed by atoms with Crippen molar-refractivity contribution < 1.29 is 14.6 Å². The van der Waals surface area contributed by atoms with E-state index in [0.717, 1.165) is 5.56 Å². The zero-order chi connectivity index (χ0) is 18.8. The van der Waals surface area contributed by atoms with Crippen LogP contribution in [0.3, 0.4) is 0 Å². The van der Waals surface area contributed by atoms with Crippen LogP contribution < -0.4 is 10.2 Å². The van der Waals surface area contributed by atoms with E-state index in [0.29, 0.717) is 21.8 Å². The number of carbonyl (C=O) groups is 1. The molecule has 2 aromatic rings. The molecule has 138 valence electrons. The highest BCUT2D eigenvalue weighted by molar-refractivity contribution is 6.42. The first-order valence-electron chi connectivity index (χ1n) is 8.05. The number of aromatic nitrogens is 2. The molecule has 0 saturated carbocycles. The van der Waals surface area contributed by atoms with Crippen LogP contribution in [-0.4, -0.2) is 39.9 Å². The molecule has 0 spiro atoms. The van der Waals surface area contributed by atoms with Crippen molar-refractivity contribution in [1.29, 1.82) is 0 Å². The van der Waals surface area contributed by atoms with Crippen LogP contribution in [0.1, 0.15) is 25.5 Å². The predicted molar refractivity (Wildman–Crippen MR) is 99.8 cm³/mol. The minimum Gasteiger partial charge on any atom is -0.447 e. The molecule has 1 aliphatic heterocycles. The number of aliphatic hydroxyl groups is 1. The van der Waals surface area contributed by atoms with Crippen molar-refractivity contribution in [3.63, 3.8) is 0 Å². The third kappa shape index (κ3) is 3.85. The molecule has 9 heteroatoms. The Morgan fingerprint density at radius 3 is 2.77 bits per heavy atom. The van der Waals surface area contributed by atoms with Gasteiger partial charge in [-0.25, -0.2) is 9.78 Å². The number of amides is 1. The van der Waals surface area contributed by atoms with Gasteiger partial charge < -0.3 is 15.2 Å². The molecule has 1 fully saturated rings. The van der Waals surface area contributed by atoms with Gasteiger partial charge in [-0.3, -0.25) is 4.90 Å². The number of halogens is 2. The second-order valence-electron chi connectivity index (χ2n) is 6.03. The van der Waals surface area contributed by atoms with Gasteiger partial charge in [-0.1, -0.05) is 29.3 Å². The Bertz CT molecular complexity index is 818. The number of hydrogen-bond acceptors (Lipinski definition) is 6. The molecule has 1 aromatic heterocycles. The monoisotopic (exact) mass is 396 g/mol. The third-order valence-corrected chi connectivity index (χ3v) is 4.88. The quantitative estimate of drug-likeness (QED) is 0.801. The molecule has 1 saturated heterocycles. The fourth-order valence-electron chi connectivity index (χ4n) is 2.67. The topological polar surface area (TPSA) is 87.6 Å². The van der Waals surface area contributed by atoms with Crippen molar-refractivity contribution in [1.82, 2.24) is 9.97 Å². The van der Waals surface area contributed by atoms with Crippen molar-refractivity contribution in [2.24, 2.45) is 0 Å². The summed E-state index contributed by atoms with van der Waals surface area (Å²) in [5, 5.41) is 14.0. The van der Waals surface area contributed by atoms with Gasteiger partial charge in [-0.15, -0.1) is 0 Å². The summed E-state index contributed by atoms with van der Waals surface area (Å²) in [5.74, 6) is 0.697. The zero-order valence-electron chi connectivity index (χ0n) is 14.2. The minimum absolute atomic E-state index is 0.114. The fourth-order valence-corrected chi connectivity index (χ4v) is 2.97. The first kappa shape index (κ1) is 18.7.